The minimum absolute atomic E-state index is 0.895. The third-order valence-electron chi connectivity index (χ3n) is 3.36. The summed E-state index contributed by atoms with van der Waals surface area (Å²) in [6, 6.07) is 0.895. The largest absolute Gasteiger partial charge is 0.300 e. The Kier molecular flexibility index (Phi) is 7.54. The van der Waals surface area contributed by atoms with E-state index in [0.29, 0.717) is 0 Å². The summed E-state index contributed by atoms with van der Waals surface area (Å²) in [6.45, 7) is 7.17. The van der Waals surface area contributed by atoms with Gasteiger partial charge in [-0.3, -0.25) is 4.90 Å². The Hall–Kier alpha value is 0.310. The highest BCUT2D eigenvalue weighted by atomic mass is 32.2. The summed E-state index contributed by atoms with van der Waals surface area (Å²) >= 11 is 2.18. The maximum Gasteiger partial charge on any atom is 0.0186 e. The normalized spacial score (nSPS) is 22.4. The molecule has 15 heavy (non-hydrogen) atoms. The standard InChI is InChI=1S/C13H27NS/c1-3-5-6-7-11-15-12-13-9-8-10-14(13)4-2/h13H,3-12H2,1-2H3. The molecule has 0 aromatic carbocycles. The van der Waals surface area contributed by atoms with E-state index < -0.39 is 0 Å². The molecule has 1 unspecified atom stereocenters. The van der Waals surface area contributed by atoms with Gasteiger partial charge in [0.15, 0.2) is 0 Å². The van der Waals surface area contributed by atoms with Crippen LogP contribution < -0.4 is 0 Å². The van der Waals surface area contributed by atoms with Crippen LogP contribution >= 0.6 is 11.8 Å². The van der Waals surface area contributed by atoms with Crippen molar-refractivity contribution >= 4 is 11.8 Å². The lowest BCUT2D eigenvalue weighted by Gasteiger charge is -2.22. The van der Waals surface area contributed by atoms with Crippen molar-refractivity contribution in [2.24, 2.45) is 0 Å². The Morgan fingerprint density at radius 3 is 2.80 bits per heavy atom. The first kappa shape index (κ1) is 13.4. The third kappa shape index (κ3) is 5.26. The number of thioether (sulfide) groups is 1. The summed E-state index contributed by atoms with van der Waals surface area (Å²) in [6.07, 6.45) is 8.51. The molecule has 0 aliphatic carbocycles. The quantitative estimate of drug-likeness (QED) is 0.583. The van der Waals surface area contributed by atoms with Gasteiger partial charge in [-0.05, 0) is 38.1 Å². The average Bonchev–Trinajstić information content (AvgIpc) is 2.70. The van der Waals surface area contributed by atoms with Crippen molar-refractivity contribution in [3.05, 3.63) is 0 Å². The maximum absolute atomic E-state index is 2.65. The van der Waals surface area contributed by atoms with Gasteiger partial charge in [-0.2, -0.15) is 11.8 Å². The molecule has 1 heterocycles. The highest BCUT2D eigenvalue weighted by Gasteiger charge is 2.22. The van der Waals surface area contributed by atoms with Gasteiger partial charge in [0.25, 0.3) is 0 Å². The van der Waals surface area contributed by atoms with Crippen molar-refractivity contribution in [3.63, 3.8) is 0 Å². The average molecular weight is 229 g/mol. The Bertz CT molecular complexity index is 149. The molecule has 0 saturated carbocycles. The van der Waals surface area contributed by atoms with Crippen molar-refractivity contribution in [2.75, 3.05) is 24.6 Å². The van der Waals surface area contributed by atoms with Crippen LogP contribution in [0.2, 0.25) is 0 Å². The fourth-order valence-electron chi connectivity index (χ4n) is 2.35. The number of rotatable bonds is 8. The van der Waals surface area contributed by atoms with Crippen LogP contribution in [0.4, 0.5) is 0 Å². The molecule has 1 saturated heterocycles. The van der Waals surface area contributed by atoms with E-state index in [4.69, 9.17) is 0 Å². The molecule has 2 heteroatoms. The first-order valence-corrected chi connectivity index (χ1v) is 7.85. The number of unbranched alkanes of at least 4 members (excludes halogenated alkanes) is 3. The molecule has 1 atom stereocenters. The molecule has 1 aliphatic rings. The minimum Gasteiger partial charge on any atom is -0.300 e. The molecular weight excluding hydrogens is 202 g/mol. The minimum atomic E-state index is 0.895. The number of hydrogen-bond acceptors (Lipinski definition) is 2. The molecule has 1 fully saturated rings. The van der Waals surface area contributed by atoms with Crippen LogP contribution in [0.5, 0.6) is 0 Å². The molecule has 90 valence electrons. The molecule has 0 radical (unpaired) electrons. The molecule has 1 aliphatic heterocycles. The summed E-state index contributed by atoms with van der Waals surface area (Å²) in [5.74, 6) is 2.76. The summed E-state index contributed by atoms with van der Waals surface area (Å²) in [5, 5.41) is 0. The highest BCUT2D eigenvalue weighted by molar-refractivity contribution is 7.99. The fraction of sp³-hybridized carbons (Fsp3) is 1.00. The topological polar surface area (TPSA) is 3.24 Å². The SMILES string of the molecule is CCCCCCSCC1CCCN1CC. The van der Waals surface area contributed by atoms with Crippen LogP contribution in [0.1, 0.15) is 52.4 Å². The molecule has 1 nitrogen and oxygen atoms in total. The first-order chi connectivity index (χ1) is 7.38. The van der Waals surface area contributed by atoms with Crippen molar-refractivity contribution in [2.45, 2.75) is 58.4 Å². The maximum atomic E-state index is 2.65. The summed E-state index contributed by atoms with van der Waals surface area (Å²) in [4.78, 5) is 2.65. The van der Waals surface area contributed by atoms with Crippen LogP contribution in [0.3, 0.4) is 0 Å². The van der Waals surface area contributed by atoms with Gasteiger partial charge in [-0.15, -0.1) is 0 Å². The van der Waals surface area contributed by atoms with Gasteiger partial charge in [0.05, 0.1) is 0 Å². The van der Waals surface area contributed by atoms with Crippen LogP contribution in [0.25, 0.3) is 0 Å². The van der Waals surface area contributed by atoms with Gasteiger partial charge >= 0.3 is 0 Å². The molecule has 0 spiro atoms. The molecule has 0 N–H and O–H groups in total. The van der Waals surface area contributed by atoms with Crippen LogP contribution in [-0.2, 0) is 0 Å². The van der Waals surface area contributed by atoms with E-state index in [9.17, 15) is 0 Å². The first-order valence-electron chi connectivity index (χ1n) is 6.70. The molecule has 0 amide bonds. The zero-order valence-corrected chi connectivity index (χ0v) is 11.3. The lowest BCUT2D eigenvalue weighted by atomic mass is 10.2. The second kappa shape index (κ2) is 8.46. The van der Waals surface area contributed by atoms with Crippen LogP contribution in [0.15, 0.2) is 0 Å². The monoisotopic (exact) mass is 229 g/mol. The Morgan fingerprint density at radius 1 is 1.20 bits per heavy atom. The van der Waals surface area contributed by atoms with E-state index in [0.717, 1.165) is 6.04 Å². The lowest BCUT2D eigenvalue weighted by Crippen LogP contribution is -2.30. The summed E-state index contributed by atoms with van der Waals surface area (Å²) < 4.78 is 0. The van der Waals surface area contributed by atoms with Crippen LogP contribution in [-0.4, -0.2) is 35.5 Å². The third-order valence-corrected chi connectivity index (χ3v) is 4.56. The van der Waals surface area contributed by atoms with Gasteiger partial charge in [-0.1, -0.05) is 33.1 Å². The predicted molar refractivity (Wildman–Crippen MR) is 71.7 cm³/mol. The van der Waals surface area contributed by atoms with E-state index in [1.54, 1.807) is 0 Å². The number of likely N-dealkylation sites (tertiary alicyclic amines) is 1. The van der Waals surface area contributed by atoms with E-state index >= 15 is 0 Å². The Morgan fingerprint density at radius 2 is 2.07 bits per heavy atom. The number of hydrogen-bond donors (Lipinski definition) is 0. The van der Waals surface area contributed by atoms with Gasteiger partial charge in [0.1, 0.15) is 0 Å². The Labute approximate surface area is 100.0 Å². The smallest absolute Gasteiger partial charge is 0.0186 e. The fourth-order valence-corrected chi connectivity index (χ4v) is 3.57. The van der Waals surface area contributed by atoms with Gasteiger partial charge in [0.2, 0.25) is 0 Å². The van der Waals surface area contributed by atoms with E-state index in [1.165, 1.54) is 63.1 Å². The van der Waals surface area contributed by atoms with Gasteiger partial charge in [0, 0.05) is 11.8 Å². The second-order valence-electron chi connectivity index (χ2n) is 4.56. The van der Waals surface area contributed by atoms with E-state index in [-0.39, 0.29) is 0 Å². The van der Waals surface area contributed by atoms with Crippen LogP contribution in [0, 0.1) is 0 Å². The summed E-state index contributed by atoms with van der Waals surface area (Å²) in [5.41, 5.74) is 0. The van der Waals surface area contributed by atoms with Crippen molar-refractivity contribution < 1.29 is 0 Å². The van der Waals surface area contributed by atoms with Gasteiger partial charge in [-0.25, -0.2) is 0 Å². The zero-order valence-electron chi connectivity index (χ0n) is 10.5. The highest BCUT2D eigenvalue weighted by Crippen LogP contribution is 2.21. The van der Waals surface area contributed by atoms with E-state index in [2.05, 4.69) is 30.5 Å². The zero-order chi connectivity index (χ0) is 10.9. The van der Waals surface area contributed by atoms with Crippen molar-refractivity contribution in [1.82, 2.24) is 4.90 Å². The number of nitrogens with zero attached hydrogens (tertiary/aromatic N) is 1. The molecule has 0 aromatic rings. The molecular formula is C13H27NS. The lowest BCUT2D eigenvalue weighted by molar-refractivity contribution is 0.287. The van der Waals surface area contributed by atoms with Gasteiger partial charge < -0.3 is 0 Å². The molecule has 1 rings (SSSR count). The summed E-state index contributed by atoms with van der Waals surface area (Å²) in [7, 11) is 0. The van der Waals surface area contributed by atoms with Crippen molar-refractivity contribution in [3.8, 4) is 0 Å². The van der Waals surface area contributed by atoms with Crippen molar-refractivity contribution in [1.29, 1.82) is 0 Å². The van der Waals surface area contributed by atoms with E-state index in [1.807, 2.05) is 0 Å². The predicted octanol–water partition coefficient (Wildman–Crippen LogP) is 3.78. The molecule has 0 aromatic heterocycles. The second-order valence-corrected chi connectivity index (χ2v) is 5.71. The molecule has 0 bridgehead atoms. The Balaban J connectivity index is 1.95.